The summed E-state index contributed by atoms with van der Waals surface area (Å²) >= 11 is 3.33. The standard InChI is InChI=1S/C18H27BrN2O3S/c1-3-20(4-2)18(22)14-21(16-8-6-5-7-9-16)25(23,24)17-12-10-15(19)11-13-17/h10-13,16H,3-9,14H2,1-2H3. The summed E-state index contributed by atoms with van der Waals surface area (Å²) in [6, 6.07) is 6.53. The molecule has 0 heterocycles. The number of hydrogen-bond acceptors (Lipinski definition) is 3. The van der Waals surface area contributed by atoms with E-state index in [-0.39, 0.29) is 23.4 Å². The van der Waals surface area contributed by atoms with Crippen molar-refractivity contribution >= 4 is 31.9 Å². The van der Waals surface area contributed by atoms with Gasteiger partial charge in [-0.15, -0.1) is 0 Å². The number of benzene rings is 1. The summed E-state index contributed by atoms with van der Waals surface area (Å²) in [5.41, 5.74) is 0. The molecule has 0 aliphatic heterocycles. The maximum absolute atomic E-state index is 13.2. The molecule has 140 valence electrons. The number of likely N-dealkylation sites (N-methyl/N-ethyl adjacent to an activating group) is 1. The molecule has 0 bridgehead atoms. The molecule has 0 unspecified atom stereocenters. The zero-order valence-corrected chi connectivity index (χ0v) is 17.4. The molecule has 1 fully saturated rings. The Morgan fingerprint density at radius 1 is 1.08 bits per heavy atom. The van der Waals surface area contributed by atoms with Gasteiger partial charge in [-0.1, -0.05) is 35.2 Å². The summed E-state index contributed by atoms with van der Waals surface area (Å²) in [6.07, 6.45) is 4.79. The van der Waals surface area contributed by atoms with Gasteiger partial charge in [0.05, 0.1) is 11.4 Å². The van der Waals surface area contributed by atoms with E-state index in [4.69, 9.17) is 0 Å². The summed E-state index contributed by atoms with van der Waals surface area (Å²) in [5.74, 6) is -0.128. The normalized spacial score (nSPS) is 16.2. The fourth-order valence-electron chi connectivity index (χ4n) is 3.33. The van der Waals surface area contributed by atoms with Gasteiger partial charge in [0.1, 0.15) is 0 Å². The van der Waals surface area contributed by atoms with Crippen LogP contribution in [0.15, 0.2) is 33.6 Å². The molecular weight excluding hydrogens is 404 g/mol. The van der Waals surface area contributed by atoms with Crippen LogP contribution in [-0.4, -0.2) is 49.2 Å². The maximum atomic E-state index is 13.2. The number of amides is 1. The Morgan fingerprint density at radius 2 is 1.64 bits per heavy atom. The Labute approximate surface area is 159 Å². The molecule has 0 spiro atoms. The third-order valence-corrected chi connectivity index (χ3v) is 7.25. The van der Waals surface area contributed by atoms with E-state index in [0.717, 1.165) is 36.6 Å². The van der Waals surface area contributed by atoms with E-state index >= 15 is 0 Å². The number of nitrogens with zero attached hydrogens (tertiary/aromatic N) is 2. The minimum Gasteiger partial charge on any atom is -0.342 e. The van der Waals surface area contributed by atoms with Crippen molar-refractivity contribution in [3.8, 4) is 0 Å². The molecule has 25 heavy (non-hydrogen) atoms. The quantitative estimate of drug-likeness (QED) is 0.663. The first kappa shape index (κ1) is 20.4. The molecule has 1 saturated carbocycles. The number of halogens is 1. The average molecular weight is 431 g/mol. The first-order valence-corrected chi connectivity index (χ1v) is 11.2. The van der Waals surface area contributed by atoms with Crippen LogP contribution in [0.1, 0.15) is 46.0 Å². The van der Waals surface area contributed by atoms with Crippen molar-refractivity contribution in [3.05, 3.63) is 28.7 Å². The van der Waals surface area contributed by atoms with Gasteiger partial charge >= 0.3 is 0 Å². The predicted octanol–water partition coefficient (Wildman–Crippen LogP) is 3.64. The van der Waals surface area contributed by atoms with Crippen molar-refractivity contribution in [2.75, 3.05) is 19.6 Å². The maximum Gasteiger partial charge on any atom is 0.243 e. The van der Waals surface area contributed by atoms with Gasteiger partial charge < -0.3 is 4.90 Å². The topological polar surface area (TPSA) is 57.7 Å². The van der Waals surface area contributed by atoms with Crippen molar-refractivity contribution in [1.82, 2.24) is 9.21 Å². The molecule has 5 nitrogen and oxygen atoms in total. The second kappa shape index (κ2) is 9.14. The molecule has 1 aromatic carbocycles. The SMILES string of the molecule is CCN(CC)C(=O)CN(C1CCCCC1)S(=O)(=O)c1ccc(Br)cc1. The fourth-order valence-corrected chi connectivity index (χ4v) is 5.23. The van der Waals surface area contributed by atoms with Crippen molar-refractivity contribution in [3.63, 3.8) is 0 Å². The first-order valence-electron chi connectivity index (χ1n) is 8.95. The molecule has 0 radical (unpaired) electrons. The van der Waals surface area contributed by atoms with Gasteiger partial charge in [0.15, 0.2) is 0 Å². The van der Waals surface area contributed by atoms with Gasteiger partial charge in [-0.05, 0) is 51.0 Å². The predicted molar refractivity (Wildman–Crippen MR) is 103 cm³/mol. The highest BCUT2D eigenvalue weighted by molar-refractivity contribution is 9.10. The summed E-state index contributed by atoms with van der Waals surface area (Å²) in [7, 11) is -3.70. The Kier molecular flexibility index (Phi) is 7.46. The van der Waals surface area contributed by atoms with Crippen molar-refractivity contribution in [1.29, 1.82) is 0 Å². The molecule has 1 amide bonds. The van der Waals surface area contributed by atoms with Crippen molar-refractivity contribution in [2.45, 2.75) is 56.9 Å². The van der Waals surface area contributed by atoms with Crippen LogP contribution >= 0.6 is 15.9 Å². The minimum absolute atomic E-state index is 0.0786. The van der Waals surface area contributed by atoms with Crippen LogP contribution in [-0.2, 0) is 14.8 Å². The number of sulfonamides is 1. The summed E-state index contributed by atoms with van der Waals surface area (Å²) in [5, 5.41) is 0. The molecule has 2 rings (SSSR count). The van der Waals surface area contributed by atoms with Gasteiger partial charge in [-0.25, -0.2) is 8.42 Å². The van der Waals surface area contributed by atoms with E-state index in [1.165, 1.54) is 4.31 Å². The lowest BCUT2D eigenvalue weighted by Crippen LogP contribution is -2.48. The second-order valence-electron chi connectivity index (χ2n) is 6.36. The van der Waals surface area contributed by atoms with Crippen LogP contribution in [0.3, 0.4) is 0 Å². The highest BCUT2D eigenvalue weighted by atomic mass is 79.9. The van der Waals surface area contributed by atoms with Crippen molar-refractivity contribution < 1.29 is 13.2 Å². The number of rotatable bonds is 7. The third kappa shape index (κ3) is 5.05. The summed E-state index contributed by atoms with van der Waals surface area (Å²) in [4.78, 5) is 14.5. The van der Waals surface area contributed by atoms with E-state index in [1.54, 1.807) is 29.2 Å². The van der Waals surface area contributed by atoms with Gasteiger partial charge in [-0.3, -0.25) is 4.79 Å². The van der Waals surface area contributed by atoms with Crippen LogP contribution in [0.2, 0.25) is 0 Å². The Bertz CT molecular complexity index is 666. The van der Waals surface area contributed by atoms with Crippen LogP contribution in [0.25, 0.3) is 0 Å². The minimum atomic E-state index is -3.70. The molecule has 0 aromatic heterocycles. The lowest BCUT2D eigenvalue weighted by molar-refractivity contribution is -0.131. The Morgan fingerprint density at radius 3 is 2.16 bits per heavy atom. The Hall–Kier alpha value is -0.920. The number of carbonyl (C=O) groups is 1. The molecule has 7 heteroatoms. The van der Waals surface area contributed by atoms with Gasteiger partial charge in [0, 0.05) is 23.6 Å². The lowest BCUT2D eigenvalue weighted by atomic mass is 9.95. The molecule has 0 saturated heterocycles. The van der Waals surface area contributed by atoms with Crippen LogP contribution in [0.5, 0.6) is 0 Å². The zero-order chi connectivity index (χ0) is 18.4. The summed E-state index contributed by atoms with van der Waals surface area (Å²) < 4.78 is 28.7. The van der Waals surface area contributed by atoms with Crippen LogP contribution in [0, 0.1) is 0 Å². The zero-order valence-electron chi connectivity index (χ0n) is 14.9. The summed E-state index contributed by atoms with van der Waals surface area (Å²) in [6.45, 7) is 4.92. The van der Waals surface area contributed by atoms with E-state index < -0.39 is 10.0 Å². The Balaban J connectivity index is 2.32. The van der Waals surface area contributed by atoms with E-state index in [1.807, 2.05) is 13.8 Å². The monoisotopic (exact) mass is 430 g/mol. The van der Waals surface area contributed by atoms with E-state index in [2.05, 4.69) is 15.9 Å². The van der Waals surface area contributed by atoms with Gasteiger partial charge in [0.25, 0.3) is 0 Å². The smallest absolute Gasteiger partial charge is 0.243 e. The van der Waals surface area contributed by atoms with Crippen LogP contribution in [0.4, 0.5) is 0 Å². The number of carbonyl (C=O) groups excluding carboxylic acids is 1. The fraction of sp³-hybridized carbons (Fsp3) is 0.611. The molecular formula is C18H27BrN2O3S. The number of hydrogen-bond donors (Lipinski definition) is 0. The molecule has 1 aliphatic carbocycles. The largest absolute Gasteiger partial charge is 0.342 e. The van der Waals surface area contributed by atoms with E-state index in [9.17, 15) is 13.2 Å². The van der Waals surface area contributed by atoms with Crippen molar-refractivity contribution in [2.24, 2.45) is 0 Å². The lowest BCUT2D eigenvalue weighted by Gasteiger charge is -2.34. The highest BCUT2D eigenvalue weighted by Crippen LogP contribution is 2.28. The first-order chi connectivity index (χ1) is 11.9. The average Bonchev–Trinajstić information content (AvgIpc) is 2.61. The molecule has 0 atom stereocenters. The third-order valence-electron chi connectivity index (χ3n) is 4.81. The molecule has 1 aliphatic rings. The second-order valence-corrected chi connectivity index (χ2v) is 9.17. The molecule has 1 aromatic rings. The van der Waals surface area contributed by atoms with Crippen LogP contribution < -0.4 is 0 Å². The van der Waals surface area contributed by atoms with Gasteiger partial charge in [-0.2, -0.15) is 4.31 Å². The highest BCUT2D eigenvalue weighted by Gasteiger charge is 2.34. The van der Waals surface area contributed by atoms with Gasteiger partial charge in [0.2, 0.25) is 15.9 Å². The molecule has 0 N–H and O–H groups in total. The van der Waals surface area contributed by atoms with E-state index in [0.29, 0.717) is 13.1 Å².